The van der Waals surface area contributed by atoms with E-state index in [1.807, 2.05) is 18.2 Å². The molecule has 0 saturated carbocycles. The molecule has 2 aromatic rings. The molecule has 0 atom stereocenters. The van der Waals surface area contributed by atoms with Crippen LogP contribution in [0.1, 0.15) is 41.3 Å². The molecule has 0 aliphatic heterocycles. The van der Waals surface area contributed by atoms with Crippen LogP contribution in [-0.2, 0) is 12.8 Å². The topological polar surface area (TPSA) is 26.3 Å². The largest absolute Gasteiger partial charge is 0.457 e. The van der Waals surface area contributed by atoms with Gasteiger partial charge in [0.2, 0.25) is 0 Å². The molecule has 2 heteroatoms. The quantitative estimate of drug-likeness (QED) is 0.761. The second kappa shape index (κ2) is 5.49. The maximum Gasteiger partial charge on any atom is 0.159 e. The van der Waals surface area contributed by atoms with Gasteiger partial charge in [0.1, 0.15) is 11.5 Å². The Bertz CT molecular complexity index is 626. The summed E-state index contributed by atoms with van der Waals surface area (Å²) in [6.07, 6.45) is 4.89. The highest BCUT2D eigenvalue weighted by molar-refractivity contribution is 5.94. The number of ketones is 1. The Morgan fingerprint density at radius 1 is 0.900 bits per heavy atom. The van der Waals surface area contributed by atoms with Crippen molar-refractivity contribution >= 4 is 5.78 Å². The van der Waals surface area contributed by atoms with Crippen LogP contribution in [0.4, 0.5) is 0 Å². The number of carbonyl (C=O) groups is 1. The van der Waals surface area contributed by atoms with Crippen LogP contribution >= 0.6 is 0 Å². The first kappa shape index (κ1) is 12.9. The average molecular weight is 266 g/mol. The minimum atomic E-state index is 0.0744. The molecule has 0 amide bonds. The number of ether oxygens (including phenoxy) is 1. The van der Waals surface area contributed by atoms with Crippen molar-refractivity contribution in [1.82, 2.24) is 0 Å². The van der Waals surface area contributed by atoms with Gasteiger partial charge < -0.3 is 4.74 Å². The number of rotatable bonds is 3. The molecule has 2 aromatic carbocycles. The average Bonchev–Trinajstić information content (AvgIpc) is 2.48. The van der Waals surface area contributed by atoms with E-state index in [1.54, 1.807) is 19.1 Å². The Morgan fingerprint density at radius 2 is 1.55 bits per heavy atom. The highest BCUT2D eigenvalue weighted by Gasteiger charge is 2.10. The van der Waals surface area contributed by atoms with E-state index in [2.05, 4.69) is 12.1 Å². The van der Waals surface area contributed by atoms with Crippen molar-refractivity contribution in [1.29, 1.82) is 0 Å². The maximum atomic E-state index is 11.2. The summed E-state index contributed by atoms with van der Waals surface area (Å²) >= 11 is 0. The molecule has 1 aliphatic rings. The lowest BCUT2D eigenvalue weighted by Crippen LogP contribution is -2.02. The summed E-state index contributed by atoms with van der Waals surface area (Å²) < 4.78 is 5.87. The van der Waals surface area contributed by atoms with Gasteiger partial charge in [0.05, 0.1) is 0 Å². The molecular formula is C18H18O2. The van der Waals surface area contributed by atoms with Crippen molar-refractivity contribution in [3.05, 3.63) is 59.2 Å². The molecule has 3 rings (SSSR count). The number of Topliss-reactive ketones (excluding diaryl/α,β-unsaturated/α-hetero) is 1. The number of fused-ring (bicyclic) bond motifs is 1. The van der Waals surface area contributed by atoms with E-state index in [0.717, 1.165) is 17.9 Å². The molecule has 0 unspecified atom stereocenters. The Morgan fingerprint density at radius 3 is 2.25 bits per heavy atom. The molecule has 20 heavy (non-hydrogen) atoms. The van der Waals surface area contributed by atoms with Gasteiger partial charge in [-0.3, -0.25) is 4.79 Å². The highest BCUT2D eigenvalue weighted by Crippen LogP contribution is 2.28. The van der Waals surface area contributed by atoms with Crippen LogP contribution in [0.2, 0.25) is 0 Å². The van der Waals surface area contributed by atoms with Crippen molar-refractivity contribution in [2.24, 2.45) is 0 Å². The number of carbonyl (C=O) groups excluding carboxylic acids is 1. The smallest absolute Gasteiger partial charge is 0.159 e. The number of aryl methyl sites for hydroxylation is 2. The lowest BCUT2D eigenvalue weighted by molar-refractivity contribution is 0.101. The molecule has 0 aromatic heterocycles. The Kier molecular flexibility index (Phi) is 3.55. The summed E-state index contributed by atoms with van der Waals surface area (Å²) in [5, 5.41) is 0. The van der Waals surface area contributed by atoms with Crippen molar-refractivity contribution in [2.45, 2.75) is 32.6 Å². The summed E-state index contributed by atoms with van der Waals surface area (Å²) in [6, 6.07) is 13.6. The predicted molar refractivity (Wildman–Crippen MR) is 79.6 cm³/mol. The van der Waals surface area contributed by atoms with E-state index < -0.39 is 0 Å². The summed E-state index contributed by atoms with van der Waals surface area (Å²) in [6.45, 7) is 1.57. The minimum absolute atomic E-state index is 0.0744. The zero-order chi connectivity index (χ0) is 13.9. The summed E-state index contributed by atoms with van der Waals surface area (Å²) in [5.41, 5.74) is 3.58. The fraction of sp³-hybridized carbons (Fsp3) is 0.278. The van der Waals surface area contributed by atoms with Crippen LogP contribution in [0.25, 0.3) is 0 Å². The van der Waals surface area contributed by atoms with Gasteiger partial charge >= 0.3 is 0 Å². The molecule has 0 N–H and O–H groups in total. The Labute approximate surface area is 119 Å². The molecule has 0 bridgehead atoms. The molecule has 0 heterocycles. The number of hydrogen-bond acceptors (Lipinski definition) is 2. The molecule has 0 spiro atoms. The predicted octanol–water partition coefficient (Wildman–Crippen LogP) is 4.56. The first-order valence-corrected chi connectivity index (χ1v) is 7.13. The maximum absolute atomic E-state index is 11.2. The molecular weight excluding hydrogens is 248 g/mol. The molecule has 102 valence electrons. The summed E-state index contributed by atoms with van der Waals surface area (Å²) in [4.78, 5) is 11.2. The Hall–Kier alpha value is -2.09. The Balaban J connectivity index is 1.78. The van der Waals surface area contributed by atoms with Crippen molar-refractivity contribution in [3.63, 3.8) is 0 Å². The molecule has 0 saturated heterocycles. The molecule has 1 aliphatic carbocycles. The lowest BCUT2D eigenvalue weighted by atomic mass is 9.92. The first-order valence-electron chi connectivity index (χ1n) is 7.13. The van der Waals surface area contributed by atoms with Gasteiger partial charge in [0, 0.05) is 5.56 Å². The van der Waals surface area contributed by atoms with Crippen LogP contribution in [0.3, 0.4) is 0 Å². The third-order valence-electron chi connectivity index (χ3n) is 3.82. The van der Waals surface area contributed by atoms with Crippen LogP contribution in [0.15, 0.2) is 42.5 Å². The van der Waals surface area contributed by atoms with Crippen LogP contribution in [0, 0.1) is 0 Å². The fourth-order valence-corrected chi connectivity index (χ4v) is 2.67. The van der Waals surface area contributed by atoms with Gasteiger partial charge in [0.15, 0.2) is 5.78 Å². The van der Waals surface area contributed by atoms with Crippen LogP contribution < -0.4 is 4.74 Å². The molecule has 2 nitrogen and oxygen atoms in total. The third kappa shape index (κ3) is 2.74. The normalized spacial score (nSPS) is 13.7. The van der Waals surface area contributed by atoms with Crippen molar-refractivity contribution in [3.8, 4) is 11.5 Å². The van der Waals surface area contributed by atoms with Crippen molar-refractivity contribution in [2.75, 3.05) is 0 Å². The lowest BCUT2D eigenvalue weighted by Gasteiger charge is -2.16. The third-order valence-corrected chi connectivity index (χ3v) is 3.82. The van der Waals surface area contributed by atoms with E-state index in [4.69, 9.17) is 4.74 Å². The first-order chi connectivity index (χ1) is 9.72. The standard InChI is InChI=1S/C18H18O2/c1-13(19)14-6-9-17(10-7-14)20-18-11-8-15-4-2-3-5-16(15)12-18/h6-12H,2-5H2,1H3. The van der Waals surface area contributed by atoms with Gasteiger partial charge in [-0.05, 0) is 80.1 Å². The van der Waals surface area contributed by atoms with Gasteiger partial charge in [0.25, 0.3) is 0 Å². The van der Waals surface area contributed by atoms with E-state index in [1.165, 1.54) is 30.4 Å². The van der Waals surface area contributed by atoms with Gasteiger partial charge in [-0.25, -0.2) is 0 Å². The van der Waals surface area contributed by atoms with Crippen molar-refractivity contribution < 1.29 is 9.53 Å². The van der Waals surface area contributed by atoms with E-state index in [9.17, 15) is 4.79 Å². The monoisotopic (exact) mass is 266 g/mol. The van der Waals surface area contributed by atoms with Gasteiger partial charge in [-0.1, -0.05) is 6.07 Å². The van der Waals surface area contributed by atoms with Gasteiger partial charge in [-0.15, -0.1) is 0 Å². The highest BCUT2D eigenvalue weighted by atomic mass is 16.5. The van der Waals surface area contributed by atoms with Gasteiger partial charge in [-0.2, -0.15) is 0 Å². The minimum Gasteiger partial charge on any atom is -0.457 e. The SMILES string of the molecule is CC(=O)c1ccc(Oc2ccc3c(c2)CCCC3)cc1. The summed E-state index contributed by atoms with van der Waals surface area (Å²) in [5.74, 6) is 1.72. The second-order valence-corrected chi connectivity index (χ2v) is 5.32. The van der Waals surface area contributed by atoms with Crippen LogP contribution in [-0.4, -0.2) is 5.78 Å². The fourth-order valence-electron chi connectivity index (χ4n) is 2.67. The number of benzene rings is 2. The zero-order valence-corrected chi connectivity index (χ0v) is 11.7. The van der Waals surface area contributed by atoms with E-state index in [-0.39, 0.29) is 5.78 Å². The molecule has 0 fully saturated rings. The van der Waals surface area contributed by atoms with Crippen LogP contribution in [0.5, 0.6) is 11.5 Å². The van der Waals surface area contributed by atoms with E-state index >= 15 is 0 Å². The summed E-state index contributed by atoms with van der Waals surface area (Å²) in [7, 11) is 0. The van der Waals surface area contributed by atoms with E-state index in [0.29, 0.717) is 5.56 Å². The zero-order valence-electron chi connectivity index (χ0n) is 11.7. The second-order valence-electron chi connectivity index (χ2n) is 5.32. The molecule has 0 radical (unpaired) electrons. The number of hydrogen-bond donors (Lipinski definition) is 0.